The van der Waals surface area contributed by atoms with Crippen molar-refractivity contribution in [3.05, 3.63) is 0 Å². The zero-order chi connectivity index (χ0) is 12.4. The monoisotopic (exact) mass is 238 g/mol. The van der Waals surface area contributed by atoms with E-state index in [-0.39, 0.29) is 0 Å². The van der Waals surface area contributed by atoms with Crippen LogP contribution in [0.15, 0.2) is 0 Å². The van der Waals surface area contributed by atoms with E-state index < -0.39 is 30.2 Å². The van der Waals surface area contributed by atoms with E-state index in [4.69, 9.17) is 0 Å². The molecule has 0 saturated carbocycles. The molecule has 88 valence electrons. The van der Waals surface area contributed by atoms with Crippen LogP contribution in [-0.4, -0.2) is 30.2 Å². The molecule has 0 fully saturated rings. The topological polar surface area (TPSA) is 43.4 Å². The predicted molar refractivity (Wildman–Crippen MR) is 32.7 cm³/mol. The zero-order valence-electron chi connectivity index (χ0n) is 7.07. The number of hydrogen-bond donors (Lipinski definition) is 0. The number of halogens is 6. The Morgan fingerprint density at radius 3 is 1.67 bits per heavy atom. The maximum Gasteiger partial charge on any atom is 0.490 e. The fraction of sp³-hybridized carbons (Fsp3) is 0.667. The van der Waals surface area contributed by atoms with Crippen LogP contribution in [0.25, 0.3) is 0 Å². The van der Waals surface area contributed by atoms with Crippen LogP contribution in [0.5, 0.6) is 0 Å². The second-order valence-corrected chi connectivity index (χ2v) is 2.41. The fourth-order valence-electron chi connectivity index (χ4n) is 0.511. The van der Waals surface area contributed by atoms with E-state index in [2.05, 4.69) is 4.74 Å². The smallest absolute Gasteiger partial charge is 0.448 e. The zero-order valence-corrected chi connectivity index (χ0v) is 7.07. The standard InChI is InChI=1S/C6H4F6O3/c1-2(3(13)5(7,8)9)15-4(14)6(10,11)12/h2H,1H3. The number of ether oxygens (including phenoxy) is 1. The van der Waals surface area contributed by atoms with Crippen LogP contribution in [0.3, 0.4) is 0 Å². The molecule has 15 heavy (non-hydrogen) atoms. The molecule has 0 aromatic rings. The molecule has 0 saturated heterocycles. The highest BCUT2D eigenvalue weighted by Crippen LogP contribution is 2.22. The molecule has 0 aliphatic carbocycles. The Labute approximate surface area is 79.0 Å². The quantitative estimate of drug-likeness (QED) is 0.542. The molecule has 0 rings (SSSR count). The molecule has 3 nitrogen and oxygen atoms in total. The summed E-state index contributed by atoms with van der Waals surface area (Å²) < 4.78 is 72.7. The molecule has 0 aromatic heterocycles. The van der Waals surface area contributed by atoms with E-state index >= 15 is 0 Å². The average Bonchev–Trinajstić information content (AvgIpc) is 1.99. The highest BCUT2D eigenvalue weighted by molar-refractivity contribution is 5.90. The van der Waals surface area contributed by atoms with Gasteiger partial charge in [0.2, 0.25) is 0 Å². The Hall–Kier alpha value is -1.28. The number of Topliss-reactive ketones (excluding diaryl/α,β-unsaturated/α-hetero) is 1. The van der Waals surface area contributed by atoms with Gasteiger partial charge in [-0.25, -0.2) is 4.79 Å². The lowest BCUT2D eigenvalue weighted by molar-refractivity contribution is -0.210. The summed E-state index contributed by atoms with van der Waals surface area (Å²) in [4.78, 5) is 20.3. The van der Waals surface area contributed by atoms with Crippen molar-refractivity contribution in [1.82, 2.24) is 0 Å². The minimum atomic E-state index is -5.43. The Bertz CT molecular complexity index is 265. The van der Waals surface area contributed by atoms with Crippen LogP contribution in [0, 0.1) is 0 Å². The van der Waals surface area contributed by atoms with Gasteiger partial charge in [-0.15, -0.1) is 0 Å². The highest BCUT2D eigenvalue weighted by atomic mass is 19.4. The summed E-state index contributed by atoms with van der Waals surface area (Å²) in [5, 5.41) is 0. The first-order valence-electron chi connectivity index (χ1n) is 3.35. The van der Waals surface area contributed by atoms with Crippen LogP contribution >= 0.6 is 0 Å². The molecule has 0 amide bonds. The largest absolute Gasteiger partial charge is 0.490 e. The van der Waals surface area contributed by atoms with Gasteiger partial charge in [-0.1, -0.05) is 0 Å². The molecule has 0 aliphatic rings. The van der Waals surface area contributed by atoms with Gasteiger partial charge in [-0.05, 0) is 6.92 Å². The van der Waals surface area contributed by atoms with E-state index in [1.165, 1.54) is 0 Å². The lowest BCUT2D eigenvalue weighted by atomic mass is 10.2. The summed E-state index contributed by atoms with van der Waals surface area (Å²) in [5.74, 6) is -5.40. The molecular formula is C6H4F6O3. The second kappa shape index (κ2) is 4.07. The number of ketones is 1. The van der Waals surface area contributed by atoms with Gasteiger partial charge in [-0.2, -0.15) is 26.3 Å². The third kappa shape index (κ3) is 4.17. The Morgan fingerprint density at radius 1 is 1.00 bits per heavy atom. The minimum absolute atomic E-state index is 0.402. The van der Waals surface area contributed by atoms with E-state index in [0.717, 1.165) is 0 Å². The van der Waals surface area contributed by atoms with Gasteiger partial charge in [0, 0.05) is 0 Å². The number of carbonyl (C=O) groups excluding carboxylic acids is 2. The van der Waals surface area contributed by atoms with Crippen LogP contribution in [0.4, 0.5) is 26.3 Å². The summed E-state index contributed by atoms with van der Waals surface area (Å²) in [5.41, 5.74) is 0. The molecule has 0 spiro atoms. The summed E-state index contributed by atoms with van der Waals surface area (Å²) in [6.07, 6.45) is -13.3. The number of esters is 1. The van der Waals surface area contributed by atoms with Gasteiger partial charge in [0.15, 0.2) is 6.10 Å². The van der Waals surface area contributed by atoms with E-state index in [0.29, 0.717) is 6.92 Å². The maximum absolute atomic E-state index is 11.6. The van der Waals surface area contributed by atoms with Crippen LogP contribution in [-0.2, 0) is 14.3 Å². The van der Waals surface area contributed by atoms with Crippen molar-refractivity contribution in [2.24, 2.45) is 0 Å². The predicted octanol–water partition coefficient (Wildman–Crippen LogP) is 1.61. The first kappa shape index (κ1) is 13.7. The number of rotatable bonds is 2. The van der Waals surface area contributed by atoms with Crippen molar-refractivity contribution in [2.45, 2.75) is 25.4 Å². The van der Waals surface area contributed by atoms with Crippen molar-refractivity contribution in [1.29, 1.82) is 0 Å². The minimum Gasteiger partial charge on any atom is -0.448 e. The fourth-order valence-corrected chi connectivity index (χ4v) is 0.511. The third-order valence-electron chi connectivity index (χ3n) is 1.16. The van der Waals surface area contributed by atoms with E-state index in [1.54, 1.807) is 0 Å². The van der Waals surface area contributed by atoms with Crippen LogP contribution < -0.4 is 0 Å². The van der Waals surface area contributed by atoms with Gasteiger partial charge in [0.25, 0.3) is 5.78 Å². The van der Waals surface area contributed by atoms with Gasteiger partial charge < -0.3 is 4.74 Å². The van der Waals surface area contributed by atoms with Gasteiger partial charge in [0.05, 0.1) is 0 Å². The first-order valence-corrected chi connectivity index (χ1v) is 3.35. The van der Waals surface area contributed by atoms with Crippen molar-refractivity contribution in [2.75, 3.05) is 0 Å². The number of carbonyl (C=O) groups is 2. The first-order chi connectivity index (χ1) is 6.46. The lowest BCUT2D eigenvalue weighted by Gasteiger charge is -2.14. The molecule has 0 N–H and O–H groups in total. The summed E-state index contributed by atoms with van der Waals surface area (Å²) >= 11 is 0. The van der Waals surface area contributed by atoms with Gasteiger partial charge in [0.1, 0.15) is 0 Å². The molecule has 9 heteroatoms. The molecule has 0 radical (unpaired) electrons. The molecule has 1 atom stereocenters. The molecule has 0 aliphatic heterocycles. The third-order valence-corrected chi connectivity index (χ3v) is 1.16. The van der Waals surface area contributed by atoms with Crippen molar-refractivity contribution >= 4 is 11.8 Å². The number of hydrogen-bond acceptors (Lipinski definition) is 3. The van der Waals surface area contributed by atoms with Gasteiger partial charge >= 0.3 is 18.3 Å². The SMILES string of the molecule is CC(OC(=O)C(F)(F)F)C(=O)C(F)(F)F. The maximum atomic E-state index is 11.6. The van der Waals surface area contributed by atoms with Crippen molar-refractivity contribution in [3.8, 4) is 0 Å². The van der Waals surface area contributed by atoms with E-state index in [9.17, 15) is 35.9 Å². The second-order valence-electron chi connectivity index (χ2n) is 2.41. The lowest BCUT2D eigenvalue weighted by Crippen LogP contribution is -2.38. The van der Waals surface area contributed by atoms with Crippen molar-refractivity contribution in [3.63, 3.8) is 0 Å². The van der Waals surface area contributed by atoms with Crippen LogP contribution in [0.1, 0.15) is 6.92 Å². The van der Waals surface area contributed by atoms with Crippen LogP contribution in [0.2, 0.25) is 0 Å². The molecule has 0 aromatic carbocycles. The molecule has 1 unspecified atom stereocenters. The molecule has 0 bridgehead atoms. The molecule has 0 heterocycles. The Morgan fingerprint density at radius 2 is 1.40 bits per heavy atom. The Kier molecular flexibility index (Phi) is 3.72. The van der Waals surface area contributed by atoms with Crippen molar-refractivity contribution < 1.29 is 40.7 Å². The normalized spacial score (nSPS) is 14.6. The molecular weight excluding hydrogens is 234 g/mol. The number of alkyl halides is 6. The average molecular weight is 238 g/mol. The Balaban J connectivity index is 4.46. The highest BCUT2D eigenvalue weighted by Gasteiger charge is 2.47. The summed E-state index contributed by atoms with van der Waals surface area (Å²) in [7, 11) is 0. The summed E-state index contributed by atoms with van der Waals surface area (Å²) in [6, 6.07) is 0. The van der Waals surface area contributed by atoms with E-state index in [1.807, 2.05) is 0 Å². The van der Waals surface area contributed by atoms with Gasteiger partial charge in [-0.3, -0.25) is 4.79 Å². The summed E-state index contributed by atoms with van der Waals surface area (Å²) in [6.45, 7) is 0.402.